The Morgan fingerprint density at radius 3 is 1.88 bits per heavy atom. The summed E-state index contributed by atoms with van der Waals surface area (Å²) in [6.45, 7) is 6.01. The van der Waals surface area contributed by atoms with E-state index in [-0.39, 0.29) is 48.3 Å². The van der Waals surface area contributed by atoms with Gasteiger partial charge in [0.2, 0.25) is 0 Å². The highest BCUT2D eigenvalue weighted by Crippen LogP contribution is 2.61. The number of halogens is 2. The minimum absolute atomic E-state index is 0.0737. The molecule has 2 aliphatic carbocycles. The molecular formula is C25H26Cl2N2O4. The first-order valence-corrected chi connectivity index (χ1v) is 11.6. The van der Waals surface area contributed by atoms with Gasteiger partial charge in [-0.15, -0.1) is 0 Å². The van der Waals surface area contributed by atoms with E-state index in [9.17, 15) is 9.59 Å². The number of carbonyl (C=O) groups excluding carboxylic acids is 2. The van der Waals surface area contributed by atoms with Crippen LogP contribution < -0.4 is 20.1 Å². The van der Waals surface area contributed by atoms with Gasteiger partial charge in [0, 0.05) is 33.5 Å². The molecular weight excluding hydrogens is 463 g/mol. The van der Waals surface area contributed by atoms with Crippen LogP contribution in [-0.4, -0.2) is 30.6 Å². The maximum atomic E-state index is 12.5. The minimum Gasteiger partial charge on any atom is -0.484 e. The van der Waals surface area contributed by atoms with Crippen molar-refractivity contribution < 1.29 is 19.1 Å². The van der Waals surface area contributed by atoms with Crippen LogP contribution in [0.1, 0.15) is 20.8 Å². The number of fused-ring (bicyclic) bond motifs is 1. The lowest BCUT2D eigenvalue weighted by atomic mass is 9.45. The molecule has 4 atom stereocenters. The van der Waals surface area contributed by atoms with E-state index in [2.05, 4.69) is 24.5 Å². The lowest BCUT2D eigenvalue weighted by Crippen LogP contribution is -2.72. The molecule has 0 radical (unpaired) electrons. The molecule has 4 unspecified atom stereocenters. The van der Waals surface area contributed by atoms with Crippen molar-refractivity contribution in [1.29, 1.82) is 0 Å². The molecule has 0 bridgehead atoms. The molecule has 1 saturated carbocycles. The summed E-state index contributed by atoms with van der Waals surface area (Å²) in [6, 6.07) is 13.7. The molecule has 1 fully saturated rings. The normalized spacial score (nSPS) is 25.3. The molecule has 0 spiro atoms. The van der Waals surface area contributed by atoms with E-state index in [4.69, 9.17) is 32.7 Å². The van der Waals surface area contributed by atoms with E-state index >= 15 is 0 Å². The van der Waals surface area contributed by atoms with Gasteiger partial charge in [-0.3, -0.25) is 9.59 Å². The van der Waals surface area contributed by atoms with E-state index in [1.54, 1.807) is 48.5 Å². The number of amides is 2. The molecule has 2 N–H and O–H groups in total. The number of hydrogen-bond acceptors (Lipinski definition) is 4. The van der Waals surface area contributed by atoms with E-state index in [1.807, 2.05) is 6.92 Å². The number of allylic oxidation sites excluding steroid dienone is 1. The van der Waals surface area contributed by atoms with Gasteiger partial charge >= 0.3 is 0 Å². The number of ether oxygens (including phenoxy) is 2. The van der Waals surface area contributed by atoms with Crippen LogP contribution in [-0.2, 0) is 9.59 Å². The summed E-state index contributed by atoms with van der Waals surface area (Å²) < 4.78 is 11.1. The molecule has 2 amide bonds. The van der Waals surface area contributed by atoms with Gasteiger partial charge < -0.3 is 20.1 Å². The molecule has 0 heterocycles. The fourth-order valence-corrected chi connectivity index (χ4v) is 5.12. The minimum atomic E-state index is -0.386. The predicted molar refractivity (Wildman–Crippen MR) is 127 cm³/mol. The zero-order valence-electron chi connectivity index (χ0n) is 18.7. The van der Waals surface area contributed by atoms with Crippen molar-refractivity contribution in [1.82, 2.24) is 10.6 Å². The first-order chi connectivity index (χ1) is 15.7. The first-order valence-electron chi connectivity index (χ1n) is 10.8. The van der Waals surface area contributed by atoms with Gasteiger partial charge in [0.15, 0.2) is 13.2 Å². The van der Waals surface area contributed by atoms with E-state index < -0.39 is 0 Å². The third kappa shape index (κ3) is 4.68. The van der Waals surface area contributed by atoms with Crippen molar-refractivity contribution in [3.05, 3.63) is 69.8 Å². The summed E-state index contributed by atoms with van der Waals surface area (Å²) in [5, 5.41) is 7.35. The smallest absolute Gasteiger partial charge is 0.262 e. The Bertz CT molecular complexity index is 1080. The lowest BCUT2D eigenvalue weighted by molar-refractivity contribution is -0.129. The van der Waals surface area contributed by atoms with E-state index in [0.29, 0.717) is 21.5 Å². The summed E-state index contributed by atoms with van der Waals surface area (Å²) in [4.78, 5) is 25.0. The quantitative estimate of drug-likeness (QED) is 0.568. The Morgan fingerprint density at radius 1 is 0.879 bits per heavy atom. The summed E-state index contributed by atoms with van der Waals surface area (Å²) in [5.74, 6) is 1.19. The van der Waals surface area contributed by atoms with Crippen molar-refractivity contribution in [2.75, 3.05) is 13.2 Å². The molecule has 33 heavy (non-hydrogen) atoms. The lowest BCUT2D eigenvalue weighted by Gasteiger charge is -2.64. The van der Waals surface area contributed by atoms with Crippen molar-refractivity contribution in [2.24, 2.45) is 17.8 Å². The first kappa shape index (κ1) is 23.5. The number of carbonyl (C=O) groups is 2. The van der Waals surface area contributed by atoms with E-state index in [0.717, 1.165) is 5.70 Å². The molecule has 2 aromatic carbocycles. The van der Waals surface area contributed by atoms with Gasteiger partial charge in [-0.1, -0.05) is 37.0 Å². The number of benzene rings is 2. The molecule has 2 aliphatic rings. The molecule has 0 saturated heterocycles. The van der Waals surface area contributed by atoms with Crippen molar-refractivity contribution in [3.63, 3.8) is 0 Å². The number of nitrogens with one attached hydrogen (secondary N) is 2. The van der Waals surface area contributed by atoms with Crippen LogP contribution in [0.5, 0.6) is 11.5 Å². The summed E-state index contributed by atoms with van der Waals surface area (Å²) in [5.41, 5.74) is 1.73. The van der Waals surface area contributed by atoms with Crippen LogP contribution in [0.15, 0.2) is 59.8 Å². The standard InChI is InChI=1S/C25H26Cl2N2O4/c1-14-23-22(24(14)28-20(30)12-32-18-8-4-16(26)5-9-18)15(2)25(23,3)29-21(31)13-33-19-10-6-17(27)7-11-19/h4-11,14-15,23H,12-13H2,1-3H3,(H,28,30)(H,29,31). The molecule has 0 aliphatic heterocycles. The van der Waals surface area contributed by atoms with Crippen LogP contribution in [0.2, 0.25) is 10.0 Å². The zero-order chi connectivity index (χ0) is 23.8. The molecule has 6 nitrogen and oxygen atoms in total. The largest absolute Gasteiger partial charge is 0.484 e. The average Bonchev–Trinajstić information content (AvgIpc) is 2.79. The topological polar surface area (TPSA) is 76.7 Å². The average molecular weight is 489 g/mol. The van der Waals surface area contributed by atoms with Crippen LogP contribution in [0.4, 0.5) is 0 Å². The van der Waals surface area contributed by atoms with Crippen LogP contribution >= 0.6 is 23.2 Å². The Labute approximate surface area is 203 Å². The van der Waals surface area contributed by atoms with Crippen LogP contribution in [0, 0.1) is 17.8 Å². The SMILES string of the molecule is CC1C(NC(=O)COc2ccc(Cl)cc2)=C2C(C)C(C)(NC(=O)COc3ccc(Cl)cc3)C21. The maximum Gasteiger partial charge on any atom is 0.262 e. The molecule has 0 aromatic heterocycles. The van der Waals surface area contributed by atoms with Gasteiger partial charge in [-0.05, 0) is 61.0 Å². The molecule has 2 aromatic rings. The highest BCUT2D eigenvalue weighted by atomic mass is 35.5. The van der Waals surface area contributed by atoms with Crippen LogP contribution in [0.3, 0.4) is 0 Å². The van der Waals surface area contributed by atoms with Gasteiger partial charge in [0.25, 0.3) is 11.8 Å². The fourth-order valence-electron chi connectivity index (χ4n) is 4.87. The monoisotopic (exact) mass is 488 g/mol. The van der Waals surface area contributed by atoms with Gasteiger partial charge in [0.1, 0.15) is 11.5 Å². The fraction of sp³-hybridized carbons (Fsp3) is 0.360. The van der Waals surface area contributed by atoms with Crippen LogP contribution in [0.25, 0.3) is 0 Å². The highest BCUT2D eigenvalue weighted by molar-refractivity contribution is 6.30. The van der Waals surface area contributed by atoms with Gasteiger partial charge in [-0.2, -0.15) is 0 Å². The van der Waals surface area contributed by atoms with Crippen molar-refractivity contribution in [2.45, 2.75) is 26.3 Å². The predicted octanol–water partition coefficient (Wildman–Crippen LogP) is 4.61. The third-order valence-corrected chi connectivity index (χ3v) is 7.17. The zero-order valence-corrected chi connectivity index (χ0v) is 20.2. The number of hydrogen-bond donors (Lipinski definition) is 2. The summed E-state index contributed by atoms with van der Waals surface area (Å²) >= 11 is 11.7. The Hall–Kier alpha value is -2.70. The highest BCUT2D eigenvalue weighted by Gasteiger charge is 2.63. The molecule has 4 rings (SSSR count). The second-order valence-corrected chi connectivity index (χ2v) is 9.59. The van der Waals surface area contributed by atoms with E-state index in [1.165, 1.54) is 5.57 Å². The van der Waals surface area contributed by atoms with Crippen molar-refractivity contribution >= 4 is 35.0 Å². The van der Waals surface area contributed by atoms with Gasteiger partial charge in [0.05, 0.1) is 5.54 Å². The molecule has 174 valence electrons. The van der Waals surface area contributed by atoms with Gasteiger partial charge in [-0.25, -0.2) is 0 Å². The Kier molecular flexibility index (Phi) is 6.59. The summed E-state index contributed by atoms with van der Waals surface area (Å²) in [7, 11) is 0. The second kappa shape index (κ2) is 9.27. The third-order valence-electron chi connectivity index (χ3n) is 6.66. The Morgan fingerprint density at radius 2 is 1.36 bits per heavy atom. The second-order valence-electron chi connectivity index (χ2n) is 8.72. The molecule has 8 heteroatoms. The van der Waals surface area contributed by atoms with Crippen molar-refractivity contribution in [3.8, 4) is 11.5 Å². The number of rotatable bonds is 8. The summed E-state index contributed by atoms with van der Waals surface area (Å²) in [6.07, 6.45) is 0. The Balaban J connectivity index is 1.30. The maximum absolute atomic E-state index is 12.5.